The Balaban J connectivity index is 2.14. The van der Waals surface area contributed by atoms with Crippen LogP contribution in [-0.4, -0.2) is 39.0 Å². The van der Waals surface area contributed by atoms with Crippen LogP contribution in [0.3, 0.4) is 0 Å². The monoisotopic (exact) mass is 262 g/mol. The van der Waals surface area contributed by atoms with Crippen LogP contribution in [0.4, 0.5) is 11.4 Å². The lowest BCUT2D eigenvalue weighted by Gasteiger charge is -2.17. The highest BCUT2D eigenvalue weighted by molar-refractivity contribution is 5.87. The highest BCUT2D eigenvalue weighted by Gasteiger charge is 2.27. The van der Waals surface area contributed by atoms with Crippen LogP contribution >= 0.6 is 0 Å². The molecule has 2 heterocycles. The van der Waals surface area contributed by atoms with Gasteiger partial charge in [-0.25, -0.2) is 0 Å². The Morgan fingerprint density at radius 1 is 1.53 bits per heavy atom. The average Bonchev–Trinajstić information content (AvgIpc) is 2.91. The molecule has 0 bridgehead atoms. The van der Waals surface area contributed by atoms with Crippen molar-refractivity contribution in [3.63, 3.8) is 0 Å². The molecule has 7 nitrogen and oxygen atoms in total. The zero-order valence-electron chi connectivity index (χ0n) is 10.5. The summed E-state index contributed by atoms with van der Waals surface area (Å²) in [7, 11) is 1.78. The van der Waals surface area contributed by atoms with Gasteiger partial charge in [0.05, 0.1) is 16.5 Å². The third kappa shape index (κ3) is 2.01. The molecule has 1 aliphatic rings. The van der Waals surface area contributed by atoms with Gasteiger partial charge in [0.15, 0.2) is 0 Å². The maximum Gasteiger partial charge on any atom is 0.293 e. The molecule has 2 aromatic rings. The number of aryl methyl sites for hydroxylation is 1. The summed E-state index contributed by atoms with van der Waals surface area (Å²) in [4.78, 5) is 12.7. The Hall–Kier alpha value is -2.15. The fourth-order valence-electron chi connectivity index (χ4n) is 2.53. The average molecular weight is 262 g/mol. The van der Waals surface area contributed by atoms with Crippen molar-refractivity contribution >= 4 is 22.3 Å². The zero-order chi connectivity index (χ0) is 13.6. The summed E-state index contributed by atoms with van der Waals surface area (Å²) in [5, 5.41) is 25.8. The van der Waals surface area contributed by atoms with Gasteiger partial charge in [-0.2, -0.15) is 5.10 Å². The van der Waals surface area contributed by atoms with Crippen molar-refractivity contribution in [1.29, 1.82) is 0 Å². The number of aliphatic hydroxyl groups excluding tert-OH is 1. The van der Waals surface area contributed by atoms with Gasteiger partial charge >= 0.3 is 0 Å². The van der Waals surface area contributed by atoms with Gasteiger partial charge in [-0.1, -0.05) is 0 Å². The van der Waals surface area contributed by atoms with Crippen LogP contribution in [0.2, 0.25) is 0 Å². The standard InChI is InChI=1S/C12H14N4O3/c1-14-6-8-4-12(16(18)19)11(5-10(8)13-14)15-3-2-9(17)7-15/h4-6,9,17H,2-3,7H2,1H3. The quantitative estimate of drug-likeness (QED) is 0.646. The number of rotatable bonds is 2. The van der Waals surface area contributed by atoms with Crippen LogP contribution in [-0.2, 0) is 7.05 Å². The predicted octanol–water partition coefficient (Wildman–Crippen LogP) is 1.05. The Labute approximate surface area is 109 Å². The minimum atomic E-state index is -0.418. The van der Waals surface area contributed by atoms with Crippen molar-refractivity contribution < 1.29 is 10.0 Å². The van der Waals surface area contributed by atoms with E-state index in [1.165, 1.54) is 0 Å². The van der Waals surface area contributed by atoms with Gasteiger partial charge < -0.3 is 10.0 Å². The van der Waals surface area contributed by atoms with Gasteiger partial charge in [0.2, 0.25) is 0 Å². The number of hydrogen-bond donors (Lipinski definition) is 1. The molecule has 1 unspecified atom stereocenters. The molecule has 100 valence electrons. The van der Waals surface area contributed by atoms with Gasteiger partial charge in [-0.3, -0.25) is 14.8 Å². The van der Waals surface area contributed by atoms with E-state index in [-0.39, 0.29) is 10.6 Å². The molecule has 3 rings (SSSR count). The van der Waals surface area contributed by atoms with Crippen molar-refractivity contribution in [1.82, 2.24) is 9.78 Å². The van der Waals surface area contributed by atoms with Crippen LogP contribution in [0.1, 0.15) is 6.42 Å². The lowest BCUT2D eigenvalue weighted by atomic mass is 10.2. The Kier molecular flexibility index (Phi) is 2.63. The molecule has 1 aromatic carbocycles. The van der Waals surface area contributed by atoms with Crippen LogP contribution in [0.5, 0.6) is 0 Å². The first-order valence-corrected chi connectivity index (χ1v) is 6.09. The lowest BCUT2D eigenvalue weighted by molar-refractivity contribution is -0.384. The molecule has 1 N–H and O–H groups in total. The summed E-state index contributed by atoms with van der Waals surface area (Å²) in [5.41, 5.74) is 1.33. The summed E-state index contributed by atoms with van der Waals surface area (Å²) in [6.07, 6.45) is 1.97. The Morgan fingerprint density at radius 2 is 2.32 bits per heavy atom. The summed E-state index contributed by atoms with van der Waals surface area (Å²) >= 11 is 0. The van der Waals surface area contributed by atoms with E-state index in [2.05, 4.69) is 5.10 Å². The number of fused-ring (bicyclic) bond motifs is 1. The number of nitro benzene ring substituents is 1. The molecule has 0 spiro atoms. The van der Waals surface area contributed by atoms with E-state index in [0.717, 1.165) is 10.9 Å². The number of β-amino-alcohol motifs (C(OH)–C–C–N with tert-alkyl or cyclic N) is 1. The number of benzene rings is 1. The number of hydrogen-bond acceptors (Lipinski definition) is 5. The smallest absolute Gasteiger partial charge is 0.293 e. The van der Waals surface area contributed by atoms with Gasteiger partial charge in [0, 0.05) is 37.8 Å². The molecular formula is C12H14N4O3. The minimum absolute atomic E-state index is 0.0644. The summed E-state index contributed by atoms with van der Waals surface area (Å²) in [6, 6.07) is 3.27. The predicted molar refractivity (Wildman–Crippen MR) is 70.2 cm³/mol. The zero-order valence-corrected chi connectivity index (χ0v) is 10.5. The van der Waals surface area contributed by atoms with Crippen molar-refractivity contribution in [2.75, 3.05) is 18.0 Å². The molecule has 1 fully saturated rings. The van der Waals surface area contributed by atoms with Crippen LogP contribution in [0, 0.1) is 10.1 Å². The molecule has 1 saturated heterocycles. The largest absolute Gasteiger partial charge is 0.391 e. The van der Waals surface area contributed by atoms with E-state index >= 15 is 0 Å². The first-order valence-electron chi connectivity index (χ1n) is 6.09. The van der Waals surface area contributed by atoms with Crippen molar-refractivity contribution in [3.05, 3.63) is 28.4 Å². The fraction of sp³-hybridized carbons (Fsp3) is 0.417. The molecule has 1 atom stereocenters. The van der Waals surface area contributed by atoms with Crippen LogP contribution < -0.4 is 4.90 Å². The highest BCUT2D eigenvalue weighted by Crippen LogP contribution is 2.34. The summed E-state index contributed by atoms with van der Waals surface area (Å²) < 4.78 is 1.64. The second-order valence-corrected chi connectivity index (χ2v) is 4.85. The molecule has 1 aliphatic heterocycles. The van der Waals surface area contributed by atoms with Gasteiger partial charge in [-0.15, -0.1) is 0 Å². The first kappa shape index (κ1) is 11.9. The van der Waals surface area contributed by atoms with E-state index < -0.39 is 6.10 Å². The maximum atomic E-state index is 11.2. The fourth-order valence-corrected chi connectivity index (χ4v) is 2.53. The molecule has 0 aliphatic carbocycles. The van der Waals surface area contributed by atoms with Crippen molar-refractivity contribution in [2.45, 2.75) is 12.5 Å². The number of nitro groups is 1. The SMILES string of the molecule is Cn1cc2cc([N+](=O)[O-])c(N3CCC(O)C3)cc2n1. The topological polar surface area (TPSA) is 84.4 Å². The van der Waals surface area contributed by atoms with E-state index in [1.807, 2.05) is 4.90 Å². The van der Waals surface area contributed by atoms with Gasteiger partial charge in [0.25, 0.3) is 5.69 Å². The Morgan fingerprint density at radius 3 is 2.95 bits per heavy atom. The second kappa shape index (κ2) is 4.20. The molecule has 1 aromatic heterocycles. The number of aromatic nitrogens is 2. The van der Waals surface area contributed by atoms with Gasteiger partial charge in [-0.05, 0) is 12.5 Å². The molecule has 19 heavy (non-hydrogen) atoms. The van der Waals surface area contributed by atoms with Gasteiger partial charge in [0.1, 0.15) is 5.69 Å². The summed E-state index contributed by atoms with van der Waals surface area (Å²) in [5.74, 6) is 0. The third-order valence-electron chi connectivity index (χ3n) is 3.42. The van der Waals surface area contributed by atoms with Crippen molar-refractivity contribution in [3.8, 4) is 0 Å². The van der Waals surface area contributed by atoms with E-state index in [1.54, 1.807) is 30.1 Å². The van der Waals surface area contributed by atoms with E-state index in [9.17, 15) is 15.2 Å². The van der Waals surface area contributed by atoms with Crippen LogP contribution in [0.15, 0.2) is 18.3 Å². The van der Waals surface area contributed by atoms with E-state index in [0.29, 0.717) is 25.2 Å². The molecule has 0 saturated carbocycles. The maximum absolute atomic E-state index is 11.2. The molecule has 0 amide bonds. The first-order chi connectivity index (χ1) is 9.04. The molecule has 7 heteroatoms. The minimum Gasteiger partial charge on any atom is -0.391 e. The second-order valence-electron chi connectivity index (χ2n) is 4.85. The van der Waals surface area contributed by atoms with E-state index in [4.69, 9.17) is 0 Å². The Bertz CT molecular complexity index is 652. The molecular weight excluding hydrogens is 248 g/mol. The number of anilines is 1. The highest BCUT2D eigenvalue weighted by atomic mass is 16.6. The number of aliphatic hydroxyl groups is 1. The lowest BCUT2D eigenvalue weighted by Crippen LogP contribution is -2.22. The number of nitrogens with zero attached hydrogens (tertiary/aromatic N) is 4. The third-order valence-corrected chi connectivity index (χ3v) is 3.42. The van der Waals surface area contributed by atoms with Crippen molar-refractivity contribution in [2.24, 2.45) is 7.05 Å². The molecule has 0 radical (unpaired) electrons. The normalized spacial score (nSPS) is 19.3. The summed E-state index contributed by atoms with van der Waals surface area (Å²) in [6.45, 7) is 1.06. The van der Waals surface area contributed by atoms with Crippen LogP contribution in [0.25, 0.3) is 10.9 Å².